The van der Waals surface area contributed by atoms with E-state index in [9.17, 15) is 4.79 Å². The number of ether oxygens (including phenoxy) is 1. The molecule has 0 unspecified atom stereocenters. The Hall–Kier alpha value is -3.64. The van der Waals surface area contributed by atoms with Gasteiger partial charge in [0.1, 0.15) is 22.2 Å². The fourth-order valence-electron chi connectivity index (χ4n) is 2.61. The lowest BCUT2D eigenvalue weighted by atomic mass is 10.2. The van der Waals surface area contributed by atoms with Crippen molar-refractivity contribution in [2.45, 2.75) is 0 Å². The van der Waals surface area contributed by atoms with Gasteiger partial charge in [0.15, 0.2) is 0 Å². The van der Waals surface area contributed by atoms with Gasteiger partial charge in [-0.25, -0.2) is 4.98 Å². The van der Waals surface area contributed by atoms with Crippen LogP contribution in [-0.2, 0) is 0 Å². The van der Waals surface area contributed by atoms with Crippen molar-refractivity contribution in [3.63, 3.8) is 0 Å². The van der Waals surface area contributed by atoms with Crippen molar-refractivity contribution in [2.24, 2.45) is 0 Å². The number of carbonyl (C=O) groups is 1. The summed E-state index contributed by atoms with van der Waals surface area (Å²) in [5.74, 6) is 1.20. The molecule has 138 valence electrons. The molecular formula is C22H17N3O2S. The predicted molar refractivity (Wildman–Crippen MR) is 113 cm³/mol. The van der Waals surface area contributed by atoms with Crippen LogP contribution in [0, 0.1) is 0 Å². The van der Waals surface area contributed by atoms with Gasteiger partial charge in [0, 0.05) is 22.3 Å². The summed E-state index contributed by atoms with van der Waals surface area (Å²) in [6.07, 6.45) is 0. The topological polar surface area (TPSA) is 77.2 Å². The Balaban J connectivity index is 1.42. The highest BCUT2D eigenvalue weighted by molar-refractivity contribution is 7.13. The molecule has 0 saturated carbocycles. The second-order valence-electron chi connectivity index (χ2n) is 6.06. The minimum atomic E-state index is -0.261. The molecule has 3 N–H and O–H groups in total. The van der Waals surface area contributed by atoms with Crippen molar-refractivity contribution < 1.29 is 9.53 Å². The first-order chi connectivity index (χ1) is 13.7. The Labute approximate surface area is 166 Å². The van der Waals surface area contributed by atoms with Gasteiger partial charge in [-0.1, -0.05) is 30.3 Å². The standard InChI is InChI=1S/C22H17N3O2S/c23-16-6-4-5-15(13-16)22-25-20(14-28-22)21(26)24-17-9-11-19(12-10-17)27-18-7-2-1-3-8-18/h1-14H,23H2,(H,24,26). The van der Waals surface area contributed by atoms with Crippen LogP contribution in [0.4, 0.5) is 11.4 Å². The molecule has 28 heavy (non-hydrogen) atoms. The van der Waals surface area contributed by atoms with Crippen molar-refractivity contribution >= 4 is 28.6 Å². The summed E-state index contributed by atoms with van der Waals surface area (Å²) in [5, 5.41) is 5.34. The maximum Gasteiger partial charge on any atom is 0.275 e. The Kier molecular flexibility index (Phi) is 5.03. The van der Waals surface area contributed by atoms with E-state index >= 15 is 0 Å². The van der Waals surface area contributed by atoms with Gasteiger partial charge >= 0.3 is 0 Å². The highest BCUT2D eigenvalue weighted by atomic mass is 32.1. The summed E-state index contributed by atoms with van der Waals surface area (Å²) in [6.45, 7) is 0. The maximum absolute atomic E-state index is 12.5. The normalized spacial score (nSPS) is 10.4. The molecule has 1 amide bonds. The number of hydrogen-bond acceptors (Lipinski definition) is 5. The first-order valence-corrected chi connectivity index (χ1v) is 9.51. The first-order valence-electron chi connectivity index (χ1n) is 8.63. The number of benzene rings is 3. The molecule has 0 atom stereocenters. The molecule has 1 aromatic heterocycles. The molecule has 0 aliphatic rings. The van der Waals surface area contributed by atoms with Crippen LogP contribution in [0.2, 0.25) is 0 Å². The Morgan fingerprint density at radius 1 is 0.929 bits per heavy atom. The number of nitrogen functional groups attached to an aromatic ring is 1. The van der Waals surface area contributed by atoms with Crippen LogP contribution in [0.5, 0.6) is 11.5 Å². The number of nitrogens with zero attached hydrogens (tertiary/aromatic N) is 1. The van der Waals surface area contributed by atoms with Crippen LogP contribution in [0.25, 0.3) is 10.6 Å². The monoisotopic (exact) mass is 387 g/mol. The van der Waals surface area contributed by atoms with Crippen LogP contribution in [0.15, 0.2) is 84.2 Å². The van der Waals surface area contributed by atoms with Crippen molar-refractivity contribution in [3.8, 4) is 22.1 Å². The molecule has 1 heterocycles. The summed E-state index contributed by atoms with van der Waals surface area (Å²) in [7, 11) is 0. The first kappa shape index (κ1) is 17.8. The molecule has 0 aliphatic carbocycles. The third kappa shape index (κ3) is 4.19. The van der Waals surface area contributed by atoms with Crippen molar-refractivity contribution in [1.82, 2.24) is 4.98 Å². The zero-order chi connectivity index (χ0) is 19.3. The van der Waals surface area contributed by atoms with Gasteiger partial charge < -0.3 is 15.8 Å². The molecule has 5 nitrogen and oxygen atoms in total. The van der Waals surface area contributed by atoms with E-state index in [4.69, 9.17) is 10.5 Å². The Bertz CT molecular complexity index is 1090. The van der Waals surface area contributed by atoms with Gasteiger partial charge in [0.2, 0.25) is 0 Å². The van der Waals surface area contributed by atoms with Crippen molar-refractivity contribution in [1.29, 1.82) is 0 Å². The average Bonchev–Trinajstić information content (AvgIpc) is 3.21. The fraction of sp³-hybridized carbons (Fsp3) is 0. The molecule has 0 radical (unpaired) electrons. The number of nitrogens with one attached hydrogen (secondary N) is 1. The summed E-state index contributed by atoms with van der Waals surface area (Å²) in [5.41, 5.74) is 8.41. The lowest BCUT2D eigenvalue weighted by molar-refractivity contribution is 0.102. The van der Waals surface area contributed by atoms with E-state index in [0.29, 0.717) is 22.8 Å². The molecule has 4 rings (SSSR count). The molecule has 0 fully saturated rings. The van der Waals surface area contributed by atoms with Crippen LogP contribution in [0.1, 0.15) is 10.5 Å². The smallest absolute Gasteiger partial charge is 0.275 e. The van der Waals surface area contributed by atoms with Gasteiger partial charge in [-0.2, -0.15) is 0 Å². The van der Waals surface area contributed by atoms with Crippen LogP contribution in [-0.4, -0.2) is 10.9 Å². The predicted octanol–water partition coefficient (Wildman–Crippen LogP) is 5.44. The van der Waals surface area contributed by atoms with Crippen LogP contribution >= 0.6 is 11.3 Å². The minimum absolute atomic E-state index is 0.261. The van der Waals surface area contributed by atoms with E-state index in [1.165, 1.54) is 11.3 Å². The summed E-state index contributed by atoms with van der Waals surface area (Å²) in [6, 6.07) is 24.2. The zero-order valence-electron chi connectivity index (χ0n) is 14.8. The van der Waals surface area contributed by atoms with Crippen molar-refractivity contribution in [2.75, 3.05) is 11.1 Å². The van der Waals surface area contributed by atoms with Crippen molar-refractivity contribution in [3.05, 3.63) is 89.9 Å². The average molecular weight is 387 g/mol. The number of nitrogens with two attached hydrogens (primary N) is 1. The summed E-state index contributed by atoms with van der Waals surface area (Å²) >= 11 is 1.41. The molecule has 3 aromatic carbocycles. The Morgan fingerprint density at radius 3 is 2.43 bits per heavy atom. The molecule has 4 aromatic rings. The maximum atomic E-state index is 12.5. The number of hydrogen-bond donors (Lipinski definition) is 2. The second kappa shape index (κ2) is 7.94. The SMILES string of the molecule is Nc1cccc(-c2nc(C(=O)Nc3ccc(Oc4ccccc4)cc3)cs2)c1. The van der Waals surface area contributed by atoms with Crippen LogP contribution < -0.4 is 15.8 Å². The number of carbonyl (C=O) groups excluding carboxylic acids is 1. The Morgan fingerprint density at radius 2 is 1.68 bits per heavy atom. The number of amides is 1. The van der Waals surface area contributed by atoms with E-state index in [0.717, 1.165) is 16.3 Å². The number of para-hydroxylation sites is 1. The lowest BCUT2D eigenvalue weighted by Crippen LogP contribution is -2.12. The summed E-state index contributed by atoms with van der Waals surface area (Å²) < 4.78 is 5.75. The highest BCUT2D eigenvalue weighted by Gasteiger charge is 2.12. The molecule has 0 spiro atoms. The molecular weight excluding hydrogens is 370 g/mol. The van der Waals surface area contributed by atoms with E-state index in [1.54, 1.807) is 17.5 Å². The molecule has 0 aliphatic heterocycles. The van der Waals surface area contributed by atoms with E-state index in [-0.39, 0.29) is 5.91 Å². The zero-order valence-corrected chi connectivity index (χ0v) is 15.6. The minimum Gasteiger partial charge on any atom is -0.457 e. The van der Waals surface area contributed by atoms with Gasteiger partial charge in [-0.15, -0.1) is 11.3 Å². The van der Waals surface area contributed by atoms with Gasteiger partial charge in [-0.3, -0.25) is 4.79 Å². The van der Waals surface area contributed by atoms with Gasteiger partial charge in [0.25, 0.3) is 5.91 Å². The van der Waals surface area contributed by atoms with Gasteiger partial charge in [-0.05, 0) is 48.5 Å². The molecule has 0 bridgehead atoms. The largest absolute Gasteiger partial charge is 0.457 e. The molecule has 0 saturated heterocycles. The fourth-order valence-corrected chi connectivity index (χ4v) is 3.41. The third-order valence-electron chi connectivity index (χ3n) is 3.96. The second-order valence-corrected chi connectivity index (χ2v) is 6.92. The number of thiazole rings is 1. The highest BCUT2D eigenvalue weighted by Crippen LogP contribution is 2.26. The third-order valence-corrected chi connectivity index (χ3v) is 4.85. The number of aromatic nitrogens is 1. The quantitative estimate of drug-likeness (QED) is 0.447. The van der Waals surface area contributed by atoms with E-state index in [2.05, 4.69) is 10.3 Å². The van der Waals surface area contributed by atoms with Crippen LogP contribution in [0.3, 0.4) is 0 Å². The number of anilines is 2. The summed E-state index contributed by atoms with van der Waals surface area (Å²) in [4.78, 5) is 16.9. The number of rotatable bonds is 5. The van der Waals surface area contributed by atoms with E-state index < -0.39 is 0 Å². The van der Waals surface area contributed by atoms with E-state index in [1.807, 2.05) is 66.7 Å². The molecule has 6 heteroatoms. The lowest BCUT2D eigenvalue weighted by Gasteiger charge is -2.07. The van der Waals surface area contributed by atoms with Gasteiger partial charge in [0.05, 0.1) is 0 Å².